The molecule has 0 aliphatic heterocycles. The molecule has 2 heteroatoms. The molecule has 21 heavy (non-hydrogen) atoms. The minimum Gasteiger partial charge on any atom is -0.296 e. The van der Waals surface area contributed by atoms with E-state index in [1.165, 1.54) is 11.1 Å². The third-order valence-electron chi connectivity index (χ3n) is 4.42. The van der Waals surface area contributed by atoms with Gasteiger partial charge in [0.25, 0.3) is 0 Å². The SMILES string of the molecule is CCC(c1ccccc1)N(CC)CCC1=CC(=O)CCC1. The first-order chi connectivity index (χ1) is 10.2. The summed E-state index contributed by atoms with van der Waals surface area (Å²) in [4.78, 5) is 14.0. The molecule has 1 aromatic rings. The van der Waals surface area contributed by atoms with Crippen LogP contribution in [0.25, 0.3) is 0 Å². The molecule has 0 fully saturated rings. The molecule has 114 valence electrons. The average Bonchev–Trinajstić information content (AvgIpc) is 2.52. The minimum absolute atomic E-state index is 0.314. The molecular weight excluding hydrogens is 258 g/mol. The van der Waals surface area contributed by atoms with Crippen LogP contribution in [-0.4, -0.2) is 23.8 Å². The summed E-state index contributed by atoms with van der Waals surface area (Å²) in [6.45, 7) is 6.58. The third kappa shape index (κ3) is 4.53. The van der Waals surface area contributed by atoms with Gasteiger partial charge >= 0.3 is 0 Å². The largest absolute Gasteiger partial charge is 0.296 e. The van der Waals surface area contributed by atoms with Gasteiger partial charge in [-0.3, -0.25) is 9.69 Å². The maximum Gasteiger partial charge on any atom is 0.155 e. The van der Waals surface area contributed by atoms with Gasteiger partial charge in [0.2, 0.25) is 0 Å². The Morgan fingerprint density at radius 3 is 2.52 bits per heavy atom. The number of hydrogen-bond acceptors (Lipinski definition) is 2. The summed E-state index contributed by atoms with van der Waals surface area (Å²) in [5, 5.41) is 0. The fourth-order valence-electron chi connectivity index (χ4n) is 3.26. The molecule has 0 bridgehead atoms. The van der Waals surface area contributed by atoms with Crippen molar-refractivity contribution in [2.45, 2.75) is 52.0 Å². The lowest BCUT2D eigenvalue weighted by atomic mass is 9.95. The number of rotatable bonds is 7. The Labute approximate surface area is 128 Å². The highest BCUT2D eigenvalue weighted by Crippen LogP contribution is 2.26. The lowest BCUT2D eigenvalue weighted by molar-refractivity contribution is -0.115. The van der Waals surface area contributed by atoms with Gasteiger partial charge in [-0.05, 0) is 43.9 Å². The van der Waals surface area contributed by atoms with Crippen molar-refractivity contribution in [3.8, 4) is 0 Å². The highest BCUT2D eigenvalue weighted by Gasteiger charge is 2.18. The second kappa shape index (κ2) is 8.14. The molecule has 0 aromatic heterocycles. The van der Waals surface area contributed by atoms with Gasteiger partial charge in [-0.15, -0.1) is 0 Å². The maximum atomic E-state index is 11.5. The first kappa shape index (κ1) is 16.0. The normalized spacial score (nSPS) is 16.9. The number of hydrogen-bond donors (Lipinski definition) is 0. The van der Waals surface area contributed by atoms with Crippen molar-refractivity contribution in [2.24, 2.45) is 0 Å². The molecule has 0 radical (unpaired) electrons. The second-order valence-corrected chi connectivity index (χ2v) is 5.84. The van der Waals surface area contributed by atoms with E-state index in [2.05, 4.69) is 49.1 Å². The maximum absolute atomic E-state index is 11.5. The standard InChI is InChI=1S/C19H27NO/c1-3-19(17-10-6-5-7-11-17)20(4-2)14-13-16-9-8-12-18(21)15-16/h5-7,10-11,15,19H,3-4,8-9,12-14H2,1-2H3. The number of benzene rings is 1. The molecule has 2 rings (SSSR count). The third-order valence-corrected chi connectivity index (χ3v) is 4.42. The van der Waals surface area contributed by atoms with Crippen LogP contribution in [0, 0.1) is 0 Å². The topological polar surface area (TPSA) is 20.3 Å². The molecule has 1 aliphatic rings. The van der Waals surface area contributed by atoms with E-state index >= 15 is 0 Å². The summed E-state index contributed by atoms with van der Waals surface area (Å²) < 4.78 is 0. The van der Waals surface area contributed by atoms with E-state index in [1.54, 1.807) is 0 Å². The van der Waals surface area contributed by atoms with Gasteiger partial charge in [0, 0.05) is 19.0 Å². The summed E-state index contributed by atoms with van der Waals surface area (Å²) in [6.07, 6.45) is 6.92. The lowest BCUT2D eigenvalue weighted by Gasteiger charge is -2.31. The van der Waals surface area contributed by atoms with Gasteiger partial charge in [-0.1, -0.05) is 49.8 Å². The summed E-state index contributed by atoms with van der Waals surface area (Å²) in [6, 6.07) is 11.2. The van der Waals surface area contributed by atoms with E-state index < -0.39 is 0 Å². The van der Waals surface area contributed by atoms with Crippen molar-refractivity contribution in [1.29, 1.82) is 0 Å². The van der Waals surface area contributed by atoms with Crippen molar-refractivity contribution >= 4 is 5.78 Å². The number of carbonyl (C=O) groups excluding carboxylic acids is 1. The van der Waals surface area contributed by atoms with Crippen LogP contribution in [0.5, 0.6) is 0 Å². The summed E-state index contributed by atoms with van der Waals surface area (Å²) in [5.41, 5.74) is 2.74. The quantitative estimate of drug-likeness (QED) is 0.733. The highest BCUT2D eigenvalue weighted by atomic mass is 16.1. The molecule has 0 N–H and O–H groups in total. The zero-order chi connectivity index (χ0) is 15.1. The Morgan fingerprint density at radius 2 is 1.90 bits per heavy atom. The zero-order valence-corrected chi connectivity index (χ0v) is 13.3. The second-order valence-electron chi connectivity index (χ2n) is 5.84. The predicted octanol–water partition coefficient (Wildman–Crippen LogP) is 4.53. The molecule has 0 spiro atoms. The summed E-state index contributed by atoms with van der Waals surface area (Å²) in [7, 11) is 0. The summed E-state index contributed by atoms with van der Waals surface area (Å²) >= 11 is 0. The number of nitrogens with zero attached hydrogens (tertiary/aromatic N) is 1. The van der Waals surface area contributed by atoms with Crippen molar-refractivity contribution in [3.05, 3.63) is 47.5 Å². The van der Waals surface area contributed by atoms with Crippen LogP contribution >= 0.6 is 0 Å². The Morgan fingerprint density at radius 1 is 1.14 bits per heavy atom. The van der Waals surface area contributed by atoms with Crippen LogP contribution in [0.15, 0.2) is 42.0 Å². The number of carbonyl (C=O) groups is 1. The van der Waals surface area contributed by atoms with Crippen LogP contribution in [0.1, 0.15) is 57.6 Å². The Kier molecular flexibility index (Phi) is 6.19. The minimum atomic E-state index is 0.314. The Hall–Kier alpha value is -1.41. The van der Waals surface area contributed by atoms with E-state index in [0.29, 0.717) is 11.8 Å². The molecule has 1 aromatic carbocycles. The molecule has 0 heterocycles. The smallest absolute Gasteiger partial charge is 0.155 e. The average molecular weight is 285 g/mol. The van der Waals surface area contributed by atoms with Crippen molar-refractivity contribution in [1.82, 2.24) is 4.90 Å². The fraction of sp³-hybridized carbons (Fsp3) is 0.526. The van der Waals surface area contributed by atoms with Gasteiger partial charge in [-0.2, -0.15) is 0 Å². The number of allylic oxidation sites excluding steroid dienone is 1. The van der Waals surface area contributed by atoms with E-state index in [1.807, 2.05) is 6.08 Å². The molecule has 0 amide bonds. The van der Waals surface area contributed by atoms with Crippen molar-refractivity contribution in [2.75, 3.05) is 13.1 Å². The highest BCUT2D eigenvalue weighted by molar-refractivity contribution is 5.91. The van der Waals surface area contributed by atoms with Crippen molar-refractivity contribution in [3.63, 3.8) is 0 Å². The van der Waals surface area contributed by atoms with Gasteiger partial charge in [0.1, 0.15) is 0 Å². The van der Waals surface area contributed by atoms with Gasteiger partial charge in [0.05, 0.1) is 0 Å². The first-order valence-corrected chi connectivity index (χ1v) is 8.25. The number of ketones is 1. The molecule has 0 saturated heterocycles. The summed E-state index contributed by atoms with van der Waals surface area (Å²) in [5.74, 6) is 0.314. The van der Waals surface area contributed by atoms with Crippen LogP contribution in [0.4, 0.5) is 0 Å². The molecular formula is C19H27NO. The van der Waals surface area contributed by atoms with Crippen molar-refractivity contribution < 1.29 is 4.79 Å². The van der Waals surface area contributed by atoms with Crippen LogP contribution < -0.4 is 0 Å². The Bertz CT molecular complexity index is 478. The molecule has 1 unspecified atom stereocenters. The van der Waals surface area contributed by atoms with E-state index in [9.17, 15) is 4.79 Å². The van der Waals surface area contributed by atoms with Crippen LogP contribution in [-0.2, 0) is 4.79 Å². The Balaban J connectivity index is 1.99. The molecule has 1 atom stereocenters. The lowest BCUT2D eigenvalue weighted by Crippen LogP contribution is -2.29. The van der Waals surface area contributed by atoms with Gasteiger partial charge in [-0.25, -0.2) is 0 Å². The van der Waals surface area contributed by atoms with Gasteiger partial charge < -0.3 is 0 Å². The molecule has 1 aliphatic carbocycles. The van der Waals surface area contributed by atoms with Gasteiger partial charge in [0.15, 0.2) is 5.78 Å². The van der Waals surface area contributed by atoms with Crippen LogP contribution in [0.3, 0.4) is 0 Å². The molecule has 0 saturated carbocycles. The van der Waals surface area contributed by atoms with E-state index in [4.69, 9.17) is 0 Å². The molecule has 2 nitrogen and oxygen atoms in total. The first-order valence-electron chi connectivity index (χ1n) is 8.25. The fourth-order valence-corrected chi connectivity index (χ4v) is 3.26. The zero-order valence-electron chi connectivity index (χ0n) is 13.3. The van der Waals surface area contributed by atoms with E-state index in [-0.39, 0.29) is 0 Å². The van der Waals surface area contributed by atoms with Crippen LogP contribution in [0.2, 0.25) is 0 Å². The monoisotopic (exact) mass is 285 g/mol. The van der Waals surface area contributed by atoms with E-state index in [0.717, 1.165) is 45.2 Å². The predicted molar refractivity (Wildman–Crippen MR) is 88.3 cm³/mol.